The summed E-state index contributed by atoms with van der Waals surface area (Å²) in [6.45, 7) is 5.26. The molecule has 1 saturated heterocycles. The summed E-state index contributed by atoms with van der Waals surface area (Å²) in [5.41, 5.74) is 0.966. The first kappa shape index (κ1) is 22.3. The summed E-state index contributed by atoms with van der Waals surface area (Å²) in [7, 11) is 0. The van der Waals surface area contributed by atoms with Gasteiger partial charge in [0.15, 0.2) is 5.13 Å². The Morgan fingerprint density at radius 1 is 1.06 bits per heavy atom. The van der Waals surface area contributed by atoms with Crippen LogP contribution >= 0.6 is 23.1 Å². The van der Waals surface area contributed by atoms with E-state index in [-0.39, 0.29) is 5.91 Å². The summed E-state index contributed by atoms with van der Waals surface area (Å²) in [6.07, 6.45) is 2.36. The van der Waals surface area contributed by atoms with Gasteiger partial charge >= 0.3 is 0 Å². The lowest BCUT2D eigenvalue weighted by Gasteiger charge is -2.27. The van der Waals surface area contributed by atoms with Crippen molar-refractivity contribution in [3.8, 4) is 0 Å². The fourth-order valence-electron chi connectivity index (χ4n) is 3.64. The number of ether oxygens (including phenoxy) is 1. The summed E-state index contributed by atoms with van der Waals surface area (Å²) in [5, 5.41) is 0.823. The monoisotopic (exact) mass is 455 g/mol. The van der Waals surface area contributed by atoms with Gasteiger partial charge in [-0.25, -0.2) is 4.98 Å². The number of nitrogens with zero attached hydrogens (tertiary/aromatic N) is 3. The average molecular weight is 456 g/mol. The highest BCUT2D eigenvalue weighted by molar-refractivity contribution is 7.99. The quantitative estimate of drug-likeness (QED) is 0.321. The van der Waals surface area contributed by atoms with Crippen molar-refractivity contribution in [3.05, 3.63) is 54.6 Å². The largest absolute Gasteiger partial charge is 0.379 e. The zero-order valence-electron chi connectivity index (χ0n) is 17.7. The number of benzene rings is 2. The van der Waals surface area contributed by atoms with E-state index >= 15 is 0 Å². The van der Waals surface area contributed by atoms with E-state index in [1.807, 2.05) is 40.9 Å². The number of amides is 1. The van der Waals surface area contributed by atoms with Gasteiger partial charge in [0.2, 0.25) is 5.91 Å². The Hall–Kier alpha value is -1.93. The van der Waals surface area contributed by atoms with E-state index in [1.54, 1.807) is 11.3 Å². The molecule has 1 aliphatic rings. The molecule has 31 heavy (non-hydrogen) atoms. The van der Waals surface area contributed by atoms with E-state index in [0.717, 1.165) is 66.8 Å². The van der Waals surface area contributed by atoms with Crippen molar-refractivity contribution in [2.75, 3.05) is 50.0 Å². The smallest absolute Gasteiger partial charge is 0.228 e. The summed E-state index contributed by atoms with van der Waals surface area (Å²) in [4.78, 5) is 23.5. The Bertz CT molecular complexity index is 925. The van der Waals surface area contributed by atoms with Crippen LogP contribution in [0, 0.1) is 0 Å². The first-order chi connectivity index (χ1) is 15.3. The number of thioether (sulfide) groups is 1. The summed E-state index contributed by atoms with van der Waals surface area (Å²) < 4.78 is 6.57. The highest BCUT2D eigenvalue weighted by Gasteiger charge is 2.20. The molecule has 2 heterocycles. The maximum absolute atomic E-state index is 13.2. The van der Waals surface area contributed by atoms with Crippen LogP contribution in [-0.2, 0) is 9.53 Å². The predicted octanol–water partition coefficient (Wildman–Crippen LogP) is 4.92. The van der Waals surface area contributed by atoms with Gasteiger partial charge < -0.3 is 4.74 Å². The minimum absolute atomic E-state index is 0.176. The minimum Gasteiger partial charge on any atom is -0.379 e. The fourth-order valence-corrected chi connectivity index (χ4v) is 5.53. The molecule has 0 aliphatic carbocycles. The molecule has 7 heteroatoms. The van der Waals surface area contributed by atoms with Gasteiger partial charge in [-0.15, -0.1) is 11.8 Å². The lowest BCUT2D eigenvalue weighted by atomic mass is 10.2. The van der Waals surface area contributed by atoms with Crippen LogP contribution in [0.2, 0.25) is 0 Å². The van der Waals surface area contributed by atoms with Crippen LogP contribution in [0.3, 0.4) is 0 Å². The standard InChI is InChI=1S/C24H29N3O2S2/c28-23(12-6-19-30-20-8-2-1-3-9-20)27(14-7-13-26-15-17-29-18-16-26)24-25-21-10-4-5-11-22(21)31-24/h1-5,8-11H,6-7,12-19H2. The van der Waals surface area contributed by atoms with E-state index in [1.165, 1.54) is 4.90 Å². The number of hydrogen-bond donors (Lipinski definition) is 0. The second-order valence-corrected chi connectivity index (χ2v) is 9.76. The van der Waals surface area contributed by atoms with Gasteiger partial charge in [0, 0.05) is 37.5 Å². The minimum atomic E-state index is 0.176. The molecule has 2 aromatic carbocycles. The number of anilines is 1. The van der Waals surface area contributed by atoms with Gasteiger partial charge in [0.1, 0.15) is 0 Å². The second-order valence-electron chi connectivity index (χ2n) is 7.58. The molecule has 0 spiro atoms. The summed E-state index contributed by atoms with van der Waals surface area (Å²) in [6, 6.07) is 18.5. The maximum Gasteiger partial charge on any atom is 0.228 e. The lowest BCUT2D eigenvalue weighted by Crippen LogP contribution is -2.39. The molecule has 1 aromatic heterocycles. The van der Waals surface area contributed by atoms with Crippen molar-refractivity contribution >= 4 is 44.4 Å². The fraction of sp³-hybridized carbons (Fsp3) is 0.417. The van der Waals surface area contributed by atoms with Crippen LogP contribution in [0.25, 0.3) is 10.2 Å². The van der Waals surface area contributed by atoms with Crippen LogP contribution < -0.4 is 4.90 Å². The summed E-state index contributed by atoms with van der Waals surface area (Å²) >= 11 is 3.42. The number of carbonyl (C=O) groups is 1. The number of hydrogen-bond acceptors (Lipinski definition) is 6. The van der Waals surface area contributed by atoms with E-state index in [4.69, 9.17) is 9.72 Å². The number of aromatic nitrogens is 1. The molecule has 1 amide bonds. The van der Waals surface area contributed by atoms with E-state index < -0.39 is 0 Å². The number of thiazole rings is 1. The molecule has 164 valence electrons. The first-order valence-corrected chi connectivity index (χ1v) is 12.7. The number of carbonyl (C=O) groups excluding carboxylic acids is 1. The first-order valence-electron chi connectivity index (χ1n) is 10.9. The Balaban J connectivity index is 1.35. The molecule has 0 unspecified atom stereocenters. The molecule has 0 radical (unpaired) electrons. The maximum atomic E-state index is 13.2. The van der Waals surface area contributed by atoms with E-state index in [9.17, 15) is 4.79 Å². The van der Waals surface area contributed by atoms with Crippen LogP contribution in [0.15, 0.2) is 59.5 Å². The van der Waals surface area contributed by atoms with Crippen molar-refractivity contribution in [3.63, 3.8) is 0 Å². The predicted molar refractivity (Wildman–Crippen MR) is 130 cm³/mol. The Morgan fingerprint density at radius 2 is 1.84 bits per heavy atom. The Morgan fingerprint density at radius 3 is 2.65 bits per heavy atom. The zero-order valence-corrected chi connectivity index (χ0v) is 19.4. The van der Waals surface area contributed by atoms with E-state index in [0.29, 0.717) is 13.0 Å². The van der Waals surface area contributed by atoms with Crippen LogP contribution in [0.1, 0.15) is 19.3 Å². The number of morpholine rings is 1. The van der Waals surface area contributed by atoms with Gasteiger partial charge in [-0.2, -0.15) is 0 Å². The van der Waals surface area contributed by atoms with Crippen LogP contribution in [0.5, 0.6) is 0 Å². The molecule has 3 aromatic rings. The SMILES string of the molecule is O=C(CCCSc1ccccc1)N(CCCN1CCOCC1)c1nc2ccccc2s1. The van der Waals surface area contributed by atoms with Gasteiger partial charge in [-0.1, -0.05) is 41.7 Å². The zero-order chi connectivity index (χ0) is 21.3. The van der Waals surface area contributed by atoms with E-state index in [2.05, 4.69) is 35.2 Å². The Labute approximate surface area is 192 Å². The summed E-state index contributed by atoms with van der Waals surface area (Å²) in [5.74, 6) is 1.12. The highest BCUT2D eigenvalue weighted by Crippen LogP contribution is 2.29. The van der Waals surface area contributed by atoms with Crippen LogP contribution in [-0.4, -0.2) is 60.9 Å². The number of para-hydroxylation sites is 1. The number of rotatable bonds is 10. The third kappa shape index (κ3) is 6.53. The molecular weight excluding hydrogens is 426 g/mol. The van der Waals surface area contributed by atoms with Crippen molar-refractivity contribution in [1.29, 1.82) is 0 Å². The van der Waals surface area contributed by atoms with Gasteiger partial charge in [-0.05, 0) is 42.9 Å². The molecule has 0 atom stereocenters. The van der Waals surface area contributed by atoms with Crippen molar-refractivity contribution < 1.29 is 9.53 Å². The third-order valence-corrected chi connectivity index (χ3v) is 7.48. The van der Waals surface area contributed by atoms with Gasteiger partial charge in [0.05, 0.1) is 23.4 Å². The van der Waals surface area contributed by atoms with Gasteiger partial charge in [-0.3, -0.25) is 14.6 Å². The Kier molecular flexibility index (Phi) is 8.35. The lowest BCUT2D eigenvalue weighted by molar-refractivity contribution is -0.118. The van der Waals surface area contributed by atoms with Crippen LogP contribution in [0.4, 0.5) is 5.13 Å². The third-order valence-electron chi connectivity index (χ3n) is 5.32. The molecule has 5 nitrogen and oxygen atoms in total. The second kappa shape index (κ2) is 11.6. The molecule has 1 aliphatic heterocycles. The molecule has 4 rings (SSSR count). The molecule has 0 bridgehead atoms. The topological polar surface area (TPSA) is 45.7 Å². The normalized spacial score (nSPS) is 14.7. The van der Waals surface area contributed by atoms with Crippen molar-refractivity contribution in [1.82, 2.24) is 9.88 Å². The van der Waals surface area contributed by atoms with Crippen molar-refractivity contribution in [2.45, 2.75) is 24.2 Å². The number of fused-ring (bicyclic) bond motifs is 1. The molecule has 1 fully saturated rings. The molecular formula is C24H29N3O2S2. The average Bonchev–Trinajstić information content (AvgIpc) is 3.24. The molecule has 0 saturated carbocycles. The molecule has 0 N–H and O–H groups in total. The van der Waals surface area contributed by atoms with Crippen molar-refractivity contribution in [2.24, 2.45) is 0 Å². The van der Waals surface area contributed by atoms with Gasteiger partial charge in [0.25, 0.3) is 0 Å². The highest BCUT2D eigenvalue weighted by atomic mass is 32.2.